The van der Waals surface area contributed by atoms with Crippen molar-refractivity contribution in [3.63, 3.8) is 0 Å². The molecule has 2 aromatic rings. The number of amides is 1. The molecule has 0 N–H and O–H groups in total. The van der Waals surface area contributed by atoms with E-state index >= 15 is 0 Å². The molecule has 0 atom stereocenters. The zero-order valence-corrected chi connectivity index (χ0v) is 17.0. The molecule has 3 rings (SSSR count). The first kappa shape index (κ1) is 20.8. The molecule has 1 aliphatic heterocycles. The highest BCUT2D eigenvalue weighted by molar-refractivity contribution is 6.30. The van der Waals surface area contributed by atoms with E-state index in [9.17, 15) is 9.18 Å². The molecule has 150 valence electrons. The van der Waals surface area contributed by atoms with Crippen molar-refractivity contribution < 1.29 is 9.18 Å². The highest BCUT2D eigenvalue weighted by Gasteiger charge is 2.19. The SMILES string of the molecule is CN(Cc1ccccc1F)C(=O)CN1CCCN(Cc2ccc(Cl)cc2)CC1. The molecule has 0 unspecified atom stereocenters. The summed E-state index contributed by atoms with van der Waals surface area (Å²) in [6, 6.07) is 14.6. The fourth-order valence-electron chi connectivity index (χ4n) is 3.47. The highest BCUT2D eigenvalue weighted by atomic mass is 35.5. The van der Waals surface area contributed by atoms with E-state index < -0.39 is 0 Å². The average molecular weight is 404 g/mol. The lowest BCUT2D eigenvalue weighted by Gasteiger charge is -2.24. The van der Waals surface area contributed by atoms with Crippen LogP contribution in [0.1, 0.15) is 17.5 Å². The lowest BCUT2D eigenvalue weighted by atomic mass is 10.2. The molecule has 2 aromatic carbocycles. The van der Waals surface area contributed by atoms with E-state index in [1.807, 2.05) is 12.1 Å². The Labute approximate surface area is 171 Å². The third-order valence-corrected chi connectivity index (χ3v) is 5.40. The summed E-state index contributed by atoms with van der Waals surface area (Å²) >= 11 is 5.96. The molecule has 0 aliphatic carbocycles. The van der Waals surface area contributed by atoms with Gasteiger partial charge in [-0.3, -0.25) is 14.6 Å². The first-order valence-electron chi connectivity index (χ1n) is 9.68. The maximum atomic E-state index is 13.8. The Bertz CT molecular complexity index is 784. The third-order valence-electron chi connectivity index (χ3n) is 5.15. The maximum Gasteiger partial charge on any atom is 0.236 e. The van der Waals surface area contributed by atoms with Crippen LogP contribution in [0.3, 0.4) is 0 Å². The van der Waals surface area contributed by atoms with E-state index in [1.165, 1.54) is 11.6 Å². The minimum Gasteiger partial charge on any atom is -0.340 e. The van der Waals surface area contributed by atoms with Crippen LogP contribution in [0, 0.1) is 5.82 Å². The number of carbonyl (C=O) groups is 1. The number of rotatable bonds is 6. The fraction of sp³-hybridized carbons (Fsp3) is 0.409. The Morgan fingerprint density at radius 2 is 1.71 bits per heavy atom. The third kappa shape index (κ3) is 6.03. The van der Waals surface area contributed by atoms with Gasteiger partial charge in [-0.15, -0.1) is 0 Å². The summed E-state index contributed by atoms with van der Waals surface area (Å²) in [5.74, 6) is -0.246. The van der Waals surface area contributed by atoms with Crippen molar-refractivity contribution in [1.29, 1.82) is 0 Å². The summed E-state index contributed by atoms with van der Waals surface area (Å²) in [6.07, 6.45) is 1.03. The van der Waals surface area contributed by atoms with Crippen LogP contribution in [0.2, 0.25) is 5.02 Å². The average Bonchev–Trinajstić information content (AvgIpc) is 2.90. The summed E-state index contributed by atoms with van der Waals surface area (Å²) in [7, 11) is 1.74. The Morgan fingerprint density at radius 1 is 1.04 bits per heavy atom. The van der Waals surface area contributed by atoms with Gasteiger partial charge in [0, 0.05) is 43.8 Å². The predicted octanol–water partition coefficient (Wildman–Crippen LogP) is 3.65. The Hall–Kier alpha value is -1.95. The molecular weight excluding hydrogens is 377 g/mol. The van der Waals surface area contributed by atoms with Gasteiger partial charge in [0.25, 0.3) is 0 Å². The van der Waals surface area contributed by atoms with Crippen molar-refractivity contribution in [2.24, 2.45) is 0 Å². The van der Waals surface area contributed by atoms with Crippen molar-refractivity contribution in [2.45, 2.75) is 19.5 Å². The van der Waals surface area contributed by atoms with Crippen molar-refractivity contribution >= 4 is 17.5 Å². The number of nitrogens with zero attached hydrogens (tertiary/aromatic N) is 3. The van der Waals surface area contributed by atoms with Gasteiger partial charge in [0.05, 0.1) is 6.54 Å². The van der Waals surface area contributed by atoms with Crippen LogP contribution in [0.5, 0.6) is 0 Å². The number of hydrogen-bond acceptors (Lipinski definition) is 3. The zero-order valence-electron chi connectivity index (χ0n) is 16.3. The summed E-state index contributed by atoms with van der Waals surface area (Å²) in [4.78, 5) is 18.8. The Morgan fingerprint density at radius 3 is 2.46 bits per heavy atom. The molecule has 28 heavy (non-hydrogen) atoms. The smallest absolute Gasteiger partial charge is 0.236 e. The molecule has 0 bridgehead atoms. The minimum atomic E-state index is -0.269. The van der Waals surface area contributed by atoms with Crippen LogP contribution in [-0.2, 0) is 17.9 Å². The molecule has 0 radical (unpaired) electrons. The molecule has 4 nitrogen and oxygen atoms in total. The van der Waals surface area contributed by atoms with Gasteiger partial charge >= 0.3 is 0 Å². The maximum absolute atomic E-state index is 13.8. The Kier molecular flexibility index (Phi) is 7.43. The standard InChI is InChI=1S/C22H27ClFN3O/c1-25(16-19-5-2-3-6-21(19)24)22(28)17-27-12-4-11-26(13-14-27)15-18-7-9-20(23)10-8-18/h2-3,5-10H,4,11-17H2,1H3. The minimum absolute atomic E-state index is 0.0226. The zero-order chi connectivity index (χ0) is 19.9. The summed E-state index contributed by atoms with van der Waals surface area (Å²) in [5.41, 5.74) is 1.79. The van der Waals surface area contributed by atoms with Crippen LogP contribution in [-0.4, -0.2) is 60.4 Å². The van der Waals surface area contributed by atoms with E-state index in [4.69, 9.17) is 11.6 Å². The first-order chi connectivity index (χ1) is 13.5. The number of benzene rings is 2. The molecule has 1 amide bonds. The van der Waals surface area contributed by atoms with Crippen LogP contribution in [0.4, 0.5) is 4.39 Å². The number of hydrogen-bond donors (Lipinski definition) is 0. The van der Waals surface area contributed by atoms with Crippen molar-refractivity contribution in [2.75, 3.05) is 39.8 Å². The van der Waals surface area contributed by atoms with E-state index in [0.29, 0.717) is 18.7 Å². The molecule has 1 heterocycles. The predicted molar refractivity (Wildman–Crippen MR) is 111 cm³/mol. The molecule has 1 fully saturated rings. The van der Waals surface area contributed by atoms with Gasteiger partial charge in [0.1, 0.15) is 5.82 Å². The summed E-state index contributed by atoms with van der Waals surface area (Å²) < 4.78 is 13.8. The summed E-state index contributed by atoms with van der Waals surface area (Å²) in [6.45, 7) is 5.25. The summed E-state index contributed by atoms with van der Waals surface area (Å²) in [5, 5.41) is 0.754. The number of halogens is 2. The van der Waals surface area contributed by atoms with Gasteiger partial charge in [0.15, 0.2) is 0 Å². The van der Waals surface area contributed by atoms with Crippen LogP contribution < -0.4 is 0 Å². The van der Waals surface area contributed by atoms with Gasteiger partial charge in [-0.2, -0.15) is 0 Å². The van der Waals surface area contributed by atoms with Gasteiger partial charge in [-0.05, 0) is 43.3 Å². The quantitative estimate of drug-likeness (QED) is 0.736. The van der Waals surface area contributed by atoms with E-state index in [0.717, 1.165) is 44.2 Å². The van der Waals surface area contributed by atoms with E-state index in [2.05, 4.69) is 21.9 Å². The van der Waals surface area contributed by atoms with Crippen LogP contribution in [0.15, 0.2) is 48.5 Å². The van der Waals surface area contributed by atoms with Crippen molar-refractivity contribution in [3.8, 4) is 0 Å². The lowest BCUT2D eigenvalue weighted by molar-refractivity contribution is -0.131. The molecule has 0 spiro atoms. The van der Waals surface area contributed by atoms with Crippen LogP contribution >= 0.6 is 11.6 Å². The molecule has 1 aliphatic rings. The van der Waals surface area contributed by atoms with E-state index in [-0.39, 0.29) is 11.7 Å². The van der Waals surface area contributed by atoms with Gasteiger partial charge in [-0.1, -0.05) is 41.9 Å². The molecule has 0 aromatic heterocycles. The van der Waals surface area contributed by atoms with Crippen LogP contribution in [0.25, 0.3) is 0 Å². The topological polar surface area (TPSA) is 26.8 Å². The molecule has 1 saturated heterocycles. The molecule has 6 heteroatoms. The number of likely N-dealkylation sites (N-methyl/N-ethyl adjacent to an activating group) is 1. The Balaban J connectivity index is 1.47. The second kappa shape index (κ2) is 10.0. The second-order valence-corrected chi connectivity index (χ2v) is 7.81. The van der Waals surface area contributed by atoms with Crippen molar-refractivity contribution in [1.82, 2.24) is 14.7 Å². The first-order valence-corrected chi connectivity index (χ1v) is 10.1. The second-order valence-electron chi connectivity index (χ2n) is 7.37. The monoisotopic (exact) mass is 403 g/mol. The molecular formula is C22H27ClFN3O. The molecule has 0 saturated carbocycles. The van der Waals surface area contributed by atoms with Gasteiger partial charge in [0.2, 0.25) is 5.91 Å². The van der Waals surface area contributed by atoms with Crippen molar-refractivity contribution in [3.05, 3.63) is 70.5 Å². The number of carbonyl (C=O) groups excluding carboxylic acids is 1. The lowest BCUT2D eigenvalue weighted by Crippen LogP contribution is -2.40. The van der Waals surface area contributed by atoms with Gasteiger partial charge in [-0.25, -0.2) is 4.39 Å². The van der Waals surface area contributed by atoms with E-state index in [1.54, 1.807) is 30.1 Å². The largest absolute Gasteiger partial charge is 0.340 e. The van der Waals surface area contributed by atoms with Gasteiger partial charge < -0.3 is 4.90 Å². The normalized spacial score (nSPS) is 16.0. The fourth-order valence-corrected chi connectivity index (χ4v) is 3.60. The highest BCUT2D eigenvalue weighted by Crippen LogP contribution is 2.14.